The van der Waals surface area contributed by atoms with Crippen molar-refractivity contribution in [3.8, 4) is 0 Å². The predicted molar refractivity (Wildman–Crippen MR) is 142 cm³/mol. The normalized spacial score (nSPS) is 11.3. The highest BCUT2D eigenvalue weighted by molar-refractivity contribution is 7.95. The number of amides is 1. The molecule has 0 unspecified atom stereocenters. The van der Waals surface area contributed by atoms with Gasteiger partial charge >= 0.3 is 0 Å². The summed E-state index contributed by atoms with van der Waals surface area (Å²) in [4.78, 5) is 17.5. The van der Waals surface area contributed by atoms with E-state index in [9.17, 15) is 4.79 Å². The zero-order chi connectivity index (χ0) is 23.5. The highest BCUT2D eigenvalue weighted by atomic mass is 31.2. The van der Waals surface area contributed by atoms with Crippen LogP contribution < -0.4 is 27.4 Å². The molecule has 0 saturated heterocycles. The Morgan fingerprint density at radius 3 is 1.64 bits per heavy atom. The Morgan fingerprint density at radius 2 is 1.21 bits per heavy atom. The van der Waals surface area contributed by atoms with Crippen LogP contribution in [0.1, 0.15) is 19.3 Å². The number of hydrogen-bond acceptors (Lipinski definition) is 2. The lowest BCUT2D eigenvalue weighted by atomic mass is 10.3. The molecule has 6 heteroatoms. The highest BCUT2D eigenvalue weighted by Crippen LogP contribution is 2.55. The minimum atomic E-state index is -1.78. The molecule has 0 aliphatic carbocycles. The molecule has 33 heavy (non-hydrogen) atoms. The van der Waals surface area contributed by atoms with Crippen LogP contribution in [0.4, 0.5) is 0 Å². The first-order chi connectivity index (χ1) is 16.0. The molecule has 3 rings (SSSR count). The fraction of sp³-hybridized carbons (Fsp3) is 0.259. The number of carbonyl (C=O) groups is 1. The summed E-state index contributed by atoms with van der Waals surface area (Å²) in [6, 6.07) is 32.9. The van der Waals surface area contributed by atoms with Gasteiger partial charge < -0.3 is 16.4 Å². The first-order valence-electron chi connectivity index (χ1n) is 11.4. The van der Waals surface area contributed by atoms with E-state index in [1.807, 2.05) is 7.05 Å². The molecule has 0 saturated carbocycles. The van der Waals surface area contributed by atoms with Gasteiger partial charge in [-0.3, -0.25) is 4.79 Å². The van der Waals surface area contributed by atoms with Crippen LogP contribution >= 0.6 is 7.26 Å². The minimum Gasteiger partial charge on any atom is -0.370 e. The number of carbonyl (C=O) groups excluding carboxylic acids is 1. The minimum absolute atomic E-state index is 0.175. The Kier molecular flexibility index (Phi) is 9.17. The monoisotopic (exact) mass is 461 g/mol. The molecule has 0 aliphatic rings. The number of benzene rings is 3. The van der Waals surface area contributed by atoms with Gasteiger partial charge in [-0.1, -0.05) is 54.6 Å². The predicted octanol–water partition coefficient (Wildman–Crippen LogP) is 2.88. The number of nitrogens with zero attached hydrogens (tertiary/aromatic N) is 2. The maximum absolute atomic E-state index is 11.7. The van der Waals surface area contributed by atoms with Gasteiger partial charge in [-0.15, -0.1) is 0 Å². The molecular weight excluding hydrogens is 427 g/mol. The summed E-state index contributed by atoms with van der Waals surface area (Å²) >= 11 is 0. The van der Waals surface area contributed by atoms with Crippen LogP contribution in [0.5, 0.6) is 0 Å². The van der Waals surface area contributed by atoms with Crippen molar-refractivity contribution in [2.24, 2.45) is 16.5 Å². The van der Waals surface area contributed by atoms with Crippen molar-refractivity contribution < 1.29 is 4.79 Å². The number of unbranched alkanes of at least 4 members (excludes halogenated alkanes) is 1. The van der Waals surface area contributed by atoms with Gasteiger partial charge in [0, 0.05) is 13.0 Å². The van der Waals surface area contributed by atoms with Gasteiger partial charge in [0.25, 0.3) is 0 Å². The summed E-state index contributed by atoms with van der Waals surface area (Å²) in [5, 5.41) is 4.25. The maximum Gasteiger partial charge on any atom is 0.250 e. The average molecular weight is 462 g/mol. The second-order valence-electron chi connectivity index (χ2n) is 8.23. The lowest BCUT2D eigenvalue weighted by molar-refractivity contribution is -0.118. The molecule has 0 spiro atoms. The quantitative estimate of drug-likeness (QED) is 0.199. The summed E-state index contributed by atoms with van der Waals surface area (Å²) in [6.07, 6.45) is 3.58. The van der Waals surface area contributed by atoms with Gasteiger partial charge in [0.15, 0.2) is 5.96 Å². The van der Waals surface area contributed by atoms with Gasteiger partial charge in [0.2, 0.25) is 5.91 Å². The Bertz CT molecular complexity index is 925. The molecule has 0 aromatic heterocycles. The largest absolute Gasteiger partial charge is 0.370 e. The van der Waals surface area contributed by atoms with Crippen molar-refractivity contribution in [2.75, 3.05) is 26.3 Å². The van der Waals surface area contributed by atoms with E-state index in [-0.39, 0.29) is 11.9 Å². The molecule has 4 N–H and O–H groups in total. The topological polar surface area (TPSA) is 84.7 Å². The molecule has 1 amide bonds. The Hall–Kier alpha value is -3.01. The van der Waals surface area contributed by atoms with E-state index in [1.54, 1.807) is 0 Å². The number of nitrogens with two attached hydrogens (primary N) is 2. The average Bonchev–Trinajstić information content (AvgIpc) is 2.84. The fourth-order valence-corrected chi connectivity index (χ4v) is 8.62. The van der Waals surface area contributed by atoms with Gasteiger partial charge in [0.1, 0.15) is 23.2 Å². The molecule has 0 heterocycles. The summed E-state index contributed by atoms with van der Waals surface area (Å²) < 4.78 is 0. The van der Waals surface area contributed by atoms with Crippen molar-refractivity contribution >= 4 is 35.0 Å². The molecule has 0 aliphatic heterocycles. The molecular formula is C27H34N4OP+. The molecule has 0 bridgehead atoms. The molecule has 3 aromatic carbocycles. The maximum atomic E-state index is 11.7. The van der Waals surface area contributed by atoms with E-state index in [2.05, 4.69) is 101 Å². The van der Waals surface area contributed by atoms with E-state index in [0.29, 0.717) is 13.0 Å². The van der Waals surface area contributed by atoms with Gasteiger partial charge in [-0.25, -0.2) is 0 Å². The Balaban J connectivity index is 1.76. The van der Waals surface area contributed by atoms with Crippen molar-refractivity contribution in [3.05, 3.63) is 91.0 Å². The van der Waals surface area contributed by atoms with Crippen LogP contribution in [0, 0.1) is 0 Å². The third-order valence-corrected chi connectivity index (χ3v) is 10.4. The second kappa shape index (κ2) is 12.3. The Labute approximate surface area is 197 Å². The summed E-state index contributed by atoms with van der Waals surface area (Å²) in [5.41, 5.74) is 10.6. The molecule has 3 aromatic rings. The van der Waals surface area contributed by atoms with Crippen LogP contribution in [0.25, 0.3) is 0 Å². The molecule has 5 nitrogen and oxygen atoms in total. The zero-order valence-electron chi connectivity index (χ0n) is 19.3. The lowest BCUT2D eigenvalue weighted by Gasteiger charge is -2.28. The van der Waals surface area contributed by atoms with Crippen molar-refractivity contribution in [1.29, 1.82) is 0 Å². The van der Waals surface area contributed by atoms with E-state index in [0.717, 1.165) is 25.5 Å². The first kappa shape index (κ1) is 24.6. The highest BCUT2D eigenvalue weighted by Gasteiger charge is 2.44. The number of rotatable bonds is 11. The van der Waals surface area contributed by atoms with Crippen molar-refractivity contribution in [2.45, 2.75) is 19.3 Å². The summed E-state index contributed by atoms with van der Waals surface area (Å²) in [6.45, 7) is 1.57. The van der Waals surface area contributed by atoms with Crippen LogP contribution in [0.2, 0.25) is 0 Å². The third kappa shape index (κ3) is 6.74. The zero-order valence-corrected chi connectivity index (χ0v) is 20.2. The third-order valence-electron chi connectivity index (χ3n) is 5.84. The lowest BCUT2D eigenvalue weighted by Crippen LogP contribution is -2.33. The molecule has 0 atom stereocenters. The van der Waals surface area contributed by atoms with E-state index >= 15 is 0 Å². The second-order valence-corrected chi connectivity index (χ2v) is 11.8. The van der Waals surface area contributed by atoms with Crippen molar-refractivity contribution in [1.82, 2.24) is 4.90 Å². The van der Waals surface area contributed by atoms with Crippen LogP contribution in [0.3, 0.4) is 0 Å². The number of guanidine groups is 1. The van der Waals surface area contributed by atoms with Crippen LogP contribution in [0.15, 0.2) is 96.0 Å². The van der Waals surface area contributed by atoms with E-state index < -0.39 is 7.26 Å². The summed E-state index contributed by atoms with van der Waals surface area (Å²) in [5.74, 6) is -0.449. The van der Waals surface area contributed by atoms with Crippen LogP contribution in [-0.2, 0) is 4.79 Å². The molecule has 0 radical (unpaired) electrons. The standard InChI is InChI=1S/C27H33N4OP/c1-31(21-19-26(32)30-27(28)29)20-11-12-22-33(23-13-5-2-6-14-23,24-15-7-3-8-16-24)25-17-9-4-10-18-25/h2-10,13-18H,11-12,19-22H2,1H3,(H3-,28,29,30,32)/p+1. The van der Waals surface area contributed by atoms with E-state index in [1.165, 1.54) is 15.9 Å². The SMILES string of the molecule is CN(CCCC[P+](c1ccccc1)(c1ccccc1)c1ccccc1)CCC(=O)N=C(N)N. The van der Waals surface area contributed by atoms with Gasteiger partial charge in [0.05, 0.1) is 6.16 Å². The fourth-order valence-electron chi connectivity index (χ4n) is 4.21. The van der Waals surface area contributed by atoms with Gasteiger partial charge in [-0.05, 0) is 62.8 Å². The molecule has 0 fully saturated rings. The van der Waals surface area contributed by atoms with Crippen molar-refractivity contribution in [3.63, 3.8) is 0 Å². The van der Waals surface area contributed by atoms with E-state index in [4.69, 9.17) is 11.5 Å². The smallest absolute Gasteiger partial charge is 0.250 e. The Morgan fingerprint density at radius 1 is 0.758 bits per heavy atom. The summed E-state index contributed by atoms with van der Waals surface area (Å²) in [7, 11) is 0.260. The number of hydrogen-bond donors (Lipinski definition) is 2. The van der Waals surface area contributed by atoms with Crippen LogP contribution in [-0.4, -0.2) is 43.1 Å². The van der Waals surface area contributed by atoms with Gasteiger partial charge in [-0.2, -0.15) is 4.99 Å². The molecule has 172 valence electrons. The number of aliphatic imine (C=N–C) groups is 1. The first-order valence-corrected chi connectivity index (χ1v) is 13.4.